The molecule has 2 aromatic carbocycles. The van der Waals surface area contributed by atoms with E-state index in [2.05, 4.69) is 41.3 Å². The number of phenols is 1. The Kier molecular flexibility index (Phi) is 7.86. The van der Waals surface area contributed by atoms with Crippen molar-refractivity contribution in [2.75, 3.05) is 24.3 Å². The minimum Gasteiger partial charge on any atom is -0.507 e. The lowest BCUT2D eigenvalue weighted by Crippen LogP contribution is -2.34. The first-order chi connectivity index (χ1) is 16.1. The summed E-state index contributed by atoms with van der Waals surface area (Å²) in [7, 11) is -1.26. The molecule has 3 aromatic rings. The van der Waals surface area contributed by atoms with Gasteiger partial charge in [0, 0.05) is 17.3 Å². The van der Waals surface area contributed by atoms with Gasteiger partial charge in [-0.25, -0.2) is 8.42 Å². The number of carbonyl (C=O) groups excluding carboxylic acids is 1. The number of nitrogens with one attached hydrogen (secondary N) is 3. The van der Waals surface area contributed by atoms with Crippen molar-refractivity contribution < 1.29 is 27.8 Å². The number of aromatic hydroxyl groups is 1. The van der Waals surface area contributed by atoms with Crippen LogP contribution in [-0.2, 0) is 10.0 Å². The molecule has 178 valence electrons. The molecule has 0 spiro atoms. The van der Waals surface area contributed by atoms with Gasteiger partial charge in [-0.2, -0.15) is 9.97 Å². The van der Waals surface area contributed by atoms with Gasteiger partial charge < -0.3 is 19.9 Å². The first-order valence-electron chi connectivity index (χ1n) is 9.32. The first-order valence-corrected chi connectivity index (χ1v) is 12.0. The number of benzene rings is 2. The van der Waals surface area contributed by atoms with Gasteiger partial charge in [-0.05, 0) is 70.6 Å². The van der Waals surface area contributed by atoms with E-state index in [-0.39, 0.29) is 39.0 Å². The van der Waals surface area contributed by atoms with Gasteiger partial charge in [-0.1, -0.05) is 0 Å². The zero-order chi connectivity index (χ0) is 24.9. The second kappa shape index (κ2) is 10.6. The lowest BCUT2D eigenvalue weighted by Gasteiger charge is -2.12. The number of anilines is 2. The number of hydrogen-bond acceptors (Lipinski definition) is 9. The highest BCUT2D eigenvalue weighted by molar-refractivity contribution is 9.10. The third kappa shape index (κ3) is 6.30. The van der Waals surface area contributed by atoms with Gasteiger partial charge in [-0.3, -0.25) is 14.8 Å². The number of rotatable bonds is 7. The Balaban J connectivity index is 1.66. The van der Waals surface area contributed by atoms with Gasteiger partial charge in [0.1, 0.15) is 5.75 Å². The molecular formula is C20H18BrN5O6S2. The van der Waals surface area contributed by atoms with Gasteiger partial charge in [0.25, 0.3) is 15.9 Å². The molecule has 1 amide bonds. The number of amides is 1. The highest BCUT2D eigenvalue weighted by atomic mass is 79.9. The standard InChI is InChI=1S/C20H18BrN5O6S2/c1-31-17-10-16(23-19(24-17)32-2)26-34(29,30)13-6-4-12(5-7-13)22-20(33)25-18(28)11-3-8-15(27)14(21)9-11/h3-10,27H,1-2H3,(H,23,24,26)(H2,22,25,28,33). The zero-order valence-corrected chi connectivity index (χ0v) is 20.9. The summed E-state index contributed by atoms with van der Waals surface area (Å²) in [5.41, 5.74) is 0.723. The molecule has 0 aliphatic rings. The summed E-state index contributed by atoms with van der Waals surface area (Å²) >= 11 is 8.28. The molecule has 0 fully saturated rings. The van der Waals surface area contributed by atoms with E-state index < -0.39 is 15.9 Å². The first kappa shape index (κ1) is 25.1. The van der Waals surface area contributed by atoms with Crippen molar-refractivity contribution in [2.24, 2.45) is 0 Å². The molecule has 0 unspecified atom stereocenters. The third-order valence-electron chi connectivity index (χ3n) is 4.17. The van der Waals surface area contributed by atoms with E-state index in [1.807, 2.05) is 0 Å². The maximum absolute atomic E-state index is 12.7. The largest absolute Gasteiger partial charge is 0.507 e. The van der Waals surface area contributed by atoms with Crippen LogP contribution < -0.4 is 24.8 Å². The molecule has 14 heteroatoms. The van der Waals surface area contributed by atoms with Crippen LogP contribution in [0.2, 0.25) is 0 Å². The number of methoxy groups -OCH3 is 2. The Morgan fingerprint density at radius 2 is 1.76 bits per heavy atom. The van der Waals surface area contributed by atoms with Crippen LogP contribution >= 0.6 is 28.1 Å². The molecule has 1 heterocycles. The van der Waals surface area contributed by atoms with Crippen LogP contribution in [0.1, 0.15) is 10.4 Å². The maximum atomic E-state index is 12.7. The number of thiocarbonyl (C=S) groups is 1. The highest BCUT2D eigenvalue weighted by Gasteiger charge is 2.17. The van der Waals surface area contributed by atoms with Crippen LogP contribution in [-0.4, -0.2) is 48.7 Å². The quantitative estimate of drug-likeness (QED) is 0.313. The zero-order valence-electron chi connectivity index (χ0n) is 17.7. The van der Waals surface area contributed by atoms with Crippen LogP contribution in [0.15, 0.2) is 57.9 Å². The Morgan fingerprint density at radius 3 is 2.38 bits per heavy atom. The van der Waals surface area contributed by atoms with Gasteiger partial charge >= 0.3 is 6.01 Å². The molecule has 34 heavy (non-hydrogen) atoms. The summed E-state index contributed by atoms with van der Waals surface area (Å²) in [6.45, 7) is 0. The van der Waals surface area contributed by atoms with E-state index in [0.29, 0.717) is 10.2 Å². The third-order valence-corrected chi connectivity index (χ3v) is 6.38. The van der Waals surface area contributed by atoms with Crippen molar-refractivity contribution in [1.29, 1.82) is 0 Å². The number of nitrogens with zero attached hydrogens (tertiary/aromatic N) is 2. The molecule has 0 aliphatic heterocycles. The Hall–Kier alpha value is -3.49. The Morgan fingerprint density at radius 1 is 1.06 bits per heavy atom. The lowest BCUT2D eigenvalue weighted by molar-refractivity contribution is 0.0977. The molecule has 4 N–H and O–H groups in total. The molecule has 0 bridgehead atoms. The van der Waals surface area contributed by atoms with Crippen LogP contribution in [0.5, 0.6) is 17.6 Å². The van der Waals surface area contributed by atoms with Crippen molar-refractivity contribution in [2.45, 2.75) is 4.90 Å². The molecule has 0 atom stereocenters. The van der Waals surface area contributed by atoms with Crippen molar-refractivity contribution >= 4 is 60.7 Å². The topological polar surface area (TPSA) is 152 Å². The molecular weight excluding hydrogens is 550 g/mol. The molecule has 0 saturated heterocycles. The number of phenolic OH excluding ortho intramolecular Hbond substituents is 1. The summed E-state index contributed by atoms with van der Waals surface area (Å²) < 4.78 is 38.1. The van der Waals surface area contributed by atoms with E-state index >= 15 is 0 Å². The summed E-state index contributed by atoms with van der Waals surface area (Å²) in [6, 6.07) is 11.2. The highest BCUT2D eigenvalue weighted by Crippen LogP contribution is 2.24. The van der Waals surface area contributed by atoms with Crippen molar-refractivity contribution in [3.63, 3.8) is 0 Å². The van der Waals surface area contributed by atoms with Gasteiger partial charge in [0.05, 0.1) is 23.6 Å². The van der Waals surface area contributed by atoms with Crippen LogP contribution in [0, 0.1) is 0 Å². The predicted molar refractivity (Wildman–Crippen MR) is 132 cm³/mol. The van der Waals surface area contributed by atoms with E-state index in [4.69, 9.17) is 21.7 Å². The van der Waals surface area contributed by atoms with Crippen LogP contribution in [0.3, 0.4) is 0 Å². The summed E-state index contributed by atoms with van der Waals surface area (Å²) in [5, 5.41) is 14.8. The number of ether oxygens (including phenoxy) is 2. The minimum absolute atomic E-state index is 0.000213. The molecule has 0 radical (unpaired) electrons. The molecule has 0 saturated carbocycles. The second-order valence-corrected chi connectivity index (χ2v) is 9.43. The smallest absolute Gasteiger partial charge is 0.321 e. The molecule has 0 aliphatic carbocycles. The maximum Gasteiger partial charge on any atom is 0.321 e. The average Bonchev–Trinajstić information content (AvgIpc) is 2.80. The Bertz CT molecular complexity index is 1310. The fraction of sp³-hybridized carbons (Fsp3) is 0.100. The average molecular weight is 568 g/mol. The lowest BCUT2D eigenvalue weighted by atomic mass is 10.2. The minimum atomic E-state index is -3.98. The van der Waals surface area contributed by atoms with Crippen LogP contribution in [0.4, 0.5) is 11.5 Å². The summed E-state index contributed by atoms with van der Waals surface area (Å²) in [5.74, 6) is -0.396. The van der Waals surface area contributed by atoms with E-state index in [0.717, 1.165) is 0 Å². The van der Waals surface area contributed by atoms with E-state index in [1.165, 1.54) is 62.8 Å². The van der Waals surface area contributed by atoms with E-state index in [9.17, 15) is 18.3 Å². The number of halogens is 1. The van der Waals surface area contributed by atoms with Crippen molar-refractivity contribution in [1.82, 2.24) is 15.3 Å². The fourth-order valence-corrected chi connectivity index (χ4v) is 4.13. The van der Waals surface area contributed by atoms with Crippen molar-refractivity contribution in [3.8, 4) is 17.6 Å². The number of aromatic nitrogens is 2. The normalized spacial score (nSPS) is 10.8. The monoisotopic (exact) mass is 567 g/mol. The van der Waals surface area contributed by atoms with Gasteiger partial charge in [-0.15, -0.1) is 0 Å². The van der Waals surface area contributed by atoms with Crippen LogP contribution in [0.25, 0.3) is 0 Å². The SMILES string of the molecule is COc1cc(NS(=O)(=O)c2ccc(NC(=S)NC(=O)c3ccc(O)c(Br)c3)cc2)nc(OC)n1. The predicted octanol–water partition coefficient (Wildman–Crippen LogP) is 2.89. The second-order valence-electron chi connectivity index (χ2n) is 6.49. The Labute approximate surface area is 208 Å². The van der Waals surface area contributed by atoms with Crippen molar-refractivity contribution in [3.05, 3.63) is 58.6 Å². The number of sulfonamides is 1. The van der Waals surface area contributed by atoms with Gasteiger partial charge in [0.15, 0.2) is 10.9 Å². The number of hydrogen-bond donors (Lipinski definition) is 4. The molecule has 3 rings (SSSR count). The number of carbonyl (C=O) groups is 1. The summed E-state index contributed by atoms with van der Waals surface area (Å²) in [6.07, 6.45) is 0. The summed E-state index contributed by atoms with van der Waals surface area (Å²) in [4.78, 5) is 20.1. The van der Waals surface area contributed by atoms with Gasteiger partial charge in [0.2, 0.25) is 5.88 Å². The fourth-order valence-electron chi connectivity index (χ4n) is 2.55. The molecule has 11 nitrogen and oxygen atoms in total. The molecule has 1 aromatic heterocycles. The van der Waals surface area contributed by atoms with E-state index in [1.54, 1.807) is 0 Å².